The first-order chi connectivity index (χ1) is 9.39. The zero-order chi connectivity index (χ0) is 14.4. The van der Waals surface area contributed by atoms with Gasteiger partial charge in [-0.3, -0.25) is 0 Å². The van der Waals surface area contributed by atoms with Crippen LogP contribution in [0.15, 0.2) is 5.38 Å². The maximum atomic E-state index is 6.06. The molecule has 20 heavy (non-hydrogen) atoms. The minimum absolute atomic E-state index is 0.295. The molecule has 6 heteroatoms. The fourth-order valence-electron chi connectivity index (χ4n) is 2.63. The van der Waals surface area contributed by atoms with E-state index in [2.05, 4.69) is 38.4 Å². The summed E-state index contributed by atoms with van der Waals surface area (Å²) in [7, 11) is -0.327. The SMILES string of the molecule is CC1(C)OB(c2csc(C3CCNCC3)n2)OC1(C)C. The minimum atomic E-state index is -0.327. The lowest BCUT2D eigenvalue weighted by atomic mass is 9.86. The lowest BCUT2D eigenvalue weighted by molar-refractivity contribution is 0.00578. The number of nitrogens with zero attached hydrogens (tertiary/aromatic N) is 1. The van der Waals surface area contributed by atoms with Crippen LogP contribution in [0.5, 0.6) is 0 Å². The van der Waals surface area contributed by atoms with Crippen molar-refractivity contribution in [3.8, 4) is 0 Å². The molecule has 0 radical (unpaired) electrons. The smallest absolute Gasteiger partial charge is 0.398 e. The third-order valence-corrected chi connectivity index (χ3v) is 5.75. The Bertz CT molecular complexity index is 467. The van der Waals surface area contributed by atoms with Crippen LogP contribution < -0.4 is 10.9 Å². The van der Waals surface area contributed by atoms with Crippen molar-refractivity contribution in [2.24, 2.45) is 0 Å². The summed E-state index contributed by atoms with van der Waals surface area (Å²) in [5, 5.41) is 6.72. The molecule has 0 bridgehead atoms. The second-order valence-electron chi connectivity index (χ2n) is 6.72. The Kier molecular flexibility index (Phi) is 3.69. The van der Waals surface area contributed by atoms with Crippen molar-refractivity contribution < 1.29 is 9.31 Å². The maximum Gasteiger partial charge on any atom is 0.515 e. The molecule has 0 atom stereocenters. The van der Waals surface area contributed by atoms with E-state index in [1.807, 2.05) is 0 Å². The number of hydrogen-bond donors (Lipinski definition) is 1. The Labute approximate surface area is 125 Å². The Hall–Kier alpha value is -0.425. The molecule has 2 aliphatic rings. The summed E-state index contributed by atoms with van der Waals surface area (Å²) in [4.78, 5) is 4.79. The predicted octanol–water partition coefficient (Wildman–Crippen LogP) is 1.91. The van der Waals surface area contributed by atoms with Crippen molar-refractivity contribution in [2.45, 2.75) is 57.7 Å². The summed E-state index contributed by atoms with van der Waals surface area (Å²) < 4.78 is 12.1. The van der Waals surface area contributed by atoms with E-state index >= 15 is 0 Å². The monoisotopic (exact) mass is 294 g/mol. The predicted molar refractivity (Wildman–Crippen MR) is 82.7 cm³/mol. The highest BCUT2D eigenvalue weighted by Crippen LogP contribution is 2.36. The van der Waals surface area contributed by atoms with Gasteiger partial charge in [0, 0.05) is 11.3 Å². The average molecular weight is 294 g/mol. The molecule has 4 nitrogen and oxygen atoms in total. The molecule has 0 aromatic carbocycles. The molecule has 0 unspecified atom stereocenters. The van der Waals surface area contributed by atoms with Crippen LogP contribution in [-0.4, -0.2) is 36.4 Å². The fraction of sp³-hybridized carbons (Fsp3) is 0.786. The molecule has 110 valence electrons. The van der Waals surface area contributed by atoms with Gasteiger partial charge in [-0.25, -0.2) is 4.98 Å². The normalized spacial score (nSPS) is 26.1. The van der Waals surface area contributed by atoms with Crippen LogP contribution in [0.2, 0.25) is 0 Å². The highest BCUT2D eigenvalue weighted by molar-refractivity contribution is 7.10. The van der Waals surface area contributed by atoms with Gasteiger partial charge < -0.3 is 14.6 Å². The van der Waals surface area contributed by atoms with Crippen LogP contribution in [-0.2, 0) is 9.31 Å². The van der Waals surface area contributed by atoms with Gasteiger partial charge in [0.1, 0.15) is 0 Å². The van der Waals surface area contributed by atoms with E-state index < -0.39 is 0 Å². The van der Waals surface area contributed by atoms with Crippen molar-refractivity contribution in [3.05, 3.63) is 10.4 Å². The van der Waals surface area contributed by atoms with Crippen LogP contribution in [0.1, 0.15) is 51.5 Å². The lowest BCUT2D eigenvalue weighted by Crippen LogP contribution is -2.41. The van der Waals surface area contributed by atoms with E-state index in [0.29, 0.717) is 5.92 Å². The standard InChI is InChI=1S/C14H23BN2O2S/c1-13(2)14(3,4)19-15(18-13)11-9-20-12(17-11)10-5-7-16-8-6-10/h9-10,16H,5-8H2,1-4H3. The van der Waals surface area contributed by atoms with E-state index in [0.717, 1.165) is 18.7 Å². The molecule has 1 aromatic heterocycles. The molecule has 2 aliphatic heterocycles. The molecular formula is C14H23BN2O2S. The van der Waals surface area contributed by atoms with Gasteiger partial charge in [-0.15, -0.1) is 11.3 Å². The van der Waals surface area contributed by atoms with Gasteiger partial charge in [0.15, 0.2) is 0 Å². The third kappa shape index (κ3) is 2.54. The maximum absolute atomic E-state index is 6.06. The first-order valence-electron chi connectivity index (χ1n) is 7.41. The van der Waals surface area contributed by atoms with Crippen LogP contribution >= 0.6 is 11.3 Å². The summed E-state index contributed by atoms with van der Waals surface area (Å²) in [5.41, 5.74) is 0.342. The van der Waals surface area contributed by atoms with Gasteiger partial charge in [0.25, 0.3) is 0 Å². The molecule has 3 heterocycles. The van der Waals surface area contributed by atoms with Crippen LogP contribution in [0, 0.1) is 0 Å². The van der Waals surface area contributed by atoms with E-state index in [-0.39, 0.29) is 18.3 Å². The molecule has 0 amide bonds. The van der Waals surface area contributed by atoms with E-state index in [4.69, 9.17) is 14.3 Å². The highest BCUT2D eigenvalue weighted by Gasteiger charge is 2.52. The van der Waals surface area contributed by atoms with Crippen molar-refractivity contribution >= 4 is 24.0 Å². The Morgan fingerprint density at radius 2 is 1.80 bits per heavy atom. The first kappa shape index (κ1) is 14.5. The van der Waals surface area contributed by atoms with Crippen LogP contribution in [0.4, 0.5) is 0 Å². The summed E-state index contributed by atoms with van der Waals surface area (Å²) in [6.07, 6.45) is 2.35. The zero-order valence-electron chi connectivity index (χ0n) is 12.7. The topological polar surface area (TPSA) is 43.4 Å². The van der Waals surface area contributed by atoms with Gasteiger partial charge >= 0.3 is 7.12 Å². The molecule has 0 spiro atoms. The van der Waals surface area contributed by atoms with Gasteiger partial charge in [-0.2, -0.15) is 0 Å². The largest absolute Gasteiger partial charge is 0.515 e. The number of aromatic nitrogens is 1. The second-order valence-corrected chi connectivity index (χ2v) is 7.61. The summed E-state index contributed by atoms with van der Waals surface area (Å²) in [6.45, 7) is 10.5. The number of nitrogens with one attached hydrogen (secondary N) is 1. The lowest BCUT2D eigenvalue weighted by Gasteiger charge is -2.32. The first-order valence-corrected chi connectivity index (χ1v) is 8.29. The number of hydrogen-bond acceptors (Lipinski definition) is 5. The van der Waals surface area contributed by atoms with Crippen molar-refractivity contribution in [2.75, 3.05) is 13.1 Å². The second kappa shape index (κ2) is 5.09. The number of piperidine rings is 1. The van der Waals surface area contributed by atoms with Crippen molar-refractivity contribution in [1.82, 2.24) is 10.3 Å². The minimum Gasteiger partial charge on any atom is -0.398 e. The van der Waals surface area contributed by atoms with Crippen LogP contribution in [0.3, 0.4) is 0 Å². The van der Waals surface area contributed by atoms with E-state index in [1.165, 1.54) is 17.8 Å². The molecular weight excluding hydrogens is 271 g/mol. The Morgan fingerprint density at radius 3 is 2.40 bits per heavy atom. The molecule has 3 rings (SSSR count). The van der Waals surface area contributed by atoms with E-state index in [1.54, 1.807) is 11.3 Å². The summed E-state index contributed by atoms with van der Waals surface area (Å²) in [6, 6.07) is 0. The summed E-state index contributed by atoms with van der Waals surface area (Å²) >= 11 is 1.74. The van der Waals surface area contributed by atoms with Gasteiger partial charge in [-0.1, -0.05) is 0 Å². The highest BCUT2D eigenvalue weighted by atomic mass is 32.1. The quantitative estimate of drug-likeness (QED) is 0.846. The number of rotatable bonds is 2. The molecule has 2 fully saturated rings. The number of thiazole rings is 1. The van der Waals surface area contributed by atoms with Gasteiger partial charge in [0.05, 0.1) is 21.8 Å². The summed E-state index contributed by atoms with van der Waals surface area (Å²) in [5.74, 6) is 0.595. The molecule has 1 aromatic rings. The Balaban J connectivity index is 1.74. The zero-order valence-corrected chi connectivity index (χ0v) is 13.5. The molecule has 0 aliphatic carbocycles. The molecule has 1 N–H and O–H groups in total. The molecule has 0 saturated carbocycles. The van der Waals surface area contributed by atoms with Crippen molar-refractivity contribution in [1.29, 1.82) is 0 Å². The van der Waals surface area contributed by atoms with Gasteiger partial charge in [-0.05, 0) is 53.6 Å². The fourth-order valence-corrected chi connectivity index (χ4v) is 3.62. The average Bonchev–Trinajstić information content (AvgIpc) is 2.94. The van der Waals surface area contributed by atoms with E-state index in [9.17, 15) is 0 Å². The van der Waals surface area contributed by atoms with Crippen molar-refractivity contribution in [3.63, 3.8) is 0 Å². The van der Waals surface area contributed by atoms with Crippen LogP contribution in [0.25, 0.3) is 0 Å². The van der Waals surface area contributed by atoms with Gasteiger partial charge in [0.2, 0.25) is 0 Å². The molecule has 2 saturated heterocycles. The third-order valence-electron chi connectivity index (χ3n) is 4.72. The Morgan fingerprint density at radius 1 is 1.20 bits per heavy atom.